The van der Waals surface area contributed by atoms with E-state index in [-0.39, 0.29) is 18.1 Å². The van der Waals surface area contributed by atoms with Gasteiger partial charge in [0.05, 0.1) is 6.10 Å². The molecular weight excluding hydrogens is 244 g/mol. The summed E-state index contributed by atoms with van der Waals surface area (Å²) in [5.41, 5.74) is 0.810. The molecule has 104 valence electrons. The van der Waals surface area contributed by atoms with Gasteiger partial charge >= 0.3 is 0 Å². The highest BCUT2D eigenvalue weighted by Crippen LogP contribution is 2.15. The number of amides is 1. The van der Waals surface area contributed by atoms with E-state index in [9.17, 15) is 4.79 Å². The van der Waals surface area contributed by atoms with E-state index in [0.29, 0.717) is 11.8 Å². The number of piperidine rings is 1. The Hall–Kier alpha value is -1.85. The van der Waals surface area contributed by atoms with Crippen LogP contribution in [0.2, 0.25) is 0 Å². The molecule has 1 aromatic rings. The molecule has 1 fully saturated rings. The molecule has 19 heavy (non-hydrogen) atoms. The van der Waals surface area contributed by atoms with Gasteiger partial charge in [-0.2, -0.15) is 4.98 Å². The van der Waals surface area contributed by atoms with Gasteiger partial charge < -0.3 is 15.4 Å². The van der Waals surface area contributed by atoms with Crippen molar-refractivity contribution in [1.29, 1.82) is 0 Å². The summed E-state index contributed by atoms with van der Waals surface area (Å²) in [7, 11) is 0. The van der Waals surface area contributed by atoms with E-state index in [1.165, 1.54) is 0 Å². The van der Waals surface area contributed by atoms with Crippen LogP contribution in [0.3, 0.4) is 0 Å². The number of aromatic nitrogens is 2. The van der Waals surface area contributed by atoms with Crippen LogP contribution in [0.5, 0.6) is 5.88 Å². The van der Waals surface area contributed by atoms with E-state index in [1.54, 1.807) is 6.07 Å². The summed E-state index contributed by atoms with van der Waals surface area (Å²) in [6.07, 6.45) is 1.81. The minimum absolute atomic E-state index is 0.00249. The van der Waals surface area contributed by atoms with Crippen LogP contribution in [0.25, 0.3) is 0 Å². The third-order valence-corrected chi connectivity index (χ3v) is 2.78. The largest absolute Gasteiger partial charge is 0.475 e. The molecule has 1 aromatic heterocycles. The van der Waals surface area contributed by atoms with Crippen molar-refractivity contribution in [3.63, 3.8) is 0 Å². The Balaban J connectivity index is 2.10. The first-order valence-electron chi connectivity index (χ1n) is 6.61. The predicted molar refractivity (Wildman–Crippen MR) is 72.2 cm³/mol. The highest BCUT2D eigenvalue weighted by molar-refractivity contribution is 5.84. The number of aryl methyl sites for hydroxylation is 1. The quantitative estimate of drug-likeness (QED) is 0.856. The first-order chi connectivity index (χ1) is 9.04. The summed E-state index contributed by atoms with van der Waals surface area (Å²) in [6, 6.07) is 1.52. The summed E-state index contributed by atoms with van der Waals surface area (Å²) in [5, 5.41) is 5.90. The van der Waals surface area contributed by atoms with Crippen LogP contribution in [-0.2, 0) is 4.79 Å². The monoisotopic (exact) mass is 264 g/mol. The molecule has 0 aliphatic carbocycles. The van der Waals surface area contributed by atoms with Gasteiger partial charge in [-0.1, -0.05) is 0 Å². The molecule has 0 aromatic carbocycles. The van der Waals surface area contributed by atoms with Gasteiger partial charge in [-0.3, -0.25) is 4.79 Å². The molecule has 6 heteroatoms. The summed E-state index contributed by atoms with van der Waals surface area (Å²) >= 11 is 0. The maximum Gasteiger partial charge on any atom is 0.242 e. The Morgan fingerprint density at radius 2 is 2.26 bits per heavy atom. The molecule has 0 spiro atoms. The number of hydrogen-bond acceptors (Lipinski definition) is 5. The minimum Gasteiger partial charge on any atom is -0.475 e. The van der Waals surface area contributed by atoms with Crippen LogP contribution >= 0.6 is 0 Å². The molecule has 0 saturated carbocycles. The van der Waals surface area contributed by atoms with Crippen molar-refractivity contribution in [2.24, 2.45) is 0 Å². The summed E-state index contributed by atoms with van der Waals surface area (Å²) in [6.45, 7) is 6.51. The lowest BCUT2D eigenvalue weighted by Crippen LogP contribution is -2.44. The van der Waals surface area contributed by atoms with Crippen molar-refractivity contribution < 1.29 is 9.53 Å². The third-order valence-electron chi connectivity index (χ3n) is 2.78. The van der Waals surface area contributed by atoms with Gasteiger partial charge in [-0.25, -0.2) is 4.98 Å². The summed E-state index contributed by atoms with van der Waals surface area (Å²) < 4.78 is 5.56. The van der Waals surface area contributed by atoms with Crippen LogP contribution in [0.4, 0.5) is 5.95 Å². The second-order valence-corrected chi connectivity index (χ2v) is 4.97. The lowest BCUT2D eigenvalue weighted by Gasteiger charge is -2.23. The zero-order chi connectivity index (χ0) is 13.8. The number of hydrogen-bond donors (Lipinski definition) is 2. The Morgan fingerprint density at radius 3 is 2.95 bits per heavy atom. The third kappa shape index (κ3) is 3.81. The smallest absolute Gasteiger partial charge is 0.242 e. The molecule has 1 amide bonds. The second kappa shape index (κ2) is 5.86. The maximum atomic E-state index is 11.7. The Morgan fingerprint density at radius 1 is 1.47 bits per heavy atom. The van der Waals surface area contributed by atoms with Gasteiger partial charge in [0.1, 0.15) is 6.04 Å². The molecule has 1 atom stereocenters. The fraction of sp³-hybridized carbons (Fsp3) is 0.615. The highest BCUT2D eigenvalue weighted by Gasteiger charge is 2.22. The molecule has 0 radical (unpaired) electrons. The fourth-order valence-electron chi connectivity index (χ4n) is 1.97. The van der Waals surface area contributed by atoms with Crippen molar-refractivity contribution in [2.75, 3.05) is 11.9 Å². The standard InChI is InChI=1S/C13H20N4O2/c1-8(2)19-11-7-9(3)15-13(17-11)16-10-5-4-6-14-12(10)18/h7-8,10H,4-6H2,1-3H3,(H,14,18)(H,15,16,17). The second-order valence-electron chi connectivity index (χ2n) is 4.97. The number of nitrogens with zero attached hydrogens (tertiary/aromatic N) is 2. The molecule has 6 nitrogen and oxygen atoms in total. The molecule has 2 N–H and O–H groups in total. The molecule has 2 heterocycles. The Kier molecular flexibility index (Phi) is 4.19. The minimum atomic E-state index is -0.262. The molecule has 1 saturated heterocycles. The zero-order valence-electron chi connectivity index (χ0n) is 11.6. The van der Waals surface area contributed by atoms with Crippen LogP contribution in [-0.4, -0.2) is 34.6 Å². The first-order valence-corrected chi connectivity index (χ1v) is 6.61. The Bertz CT molecular complexity index is 462. The fourth-order valence-corrected chi connectivity index (χ4v) is 1.97. The predicted octanol–water partition coefficient (Wildman–Crippen LogP) is 1.26. The lowest BCUT2D eigenvalue weighted by molar-refractivity contribution is -0.123. The van der Waals surface area contributed by atoms with Gasteiger partial charge in [-0.15, -0.1) is 0 Å². The van der Waals surface area contributed by atoms with Crippen molar-refractivity contribution in [2.45, 2.75) is 45.8 Å². The molecule has 0 bridgehead atoms. The number of anilines is 1. The average molecular weight is 264 g/mol. The number of ether oxygens (including phenoxy) is 1. The zero-order valence-corrected chi connectivity index (χ0v) is 11.6. The maximum absolute atomic E-state index is 11.7. The van der Waals surface area contributed by atoms with Crippen molar-refractivity contribution in [1.82, 2.24) is 15.3 Å². The molecule has 1 unspecified atom stereocenters. The number of carbonyl (C=O) groups excluding carboxylic acids is 1. The van der Waals surface area contributed by atoms with E-state index in [4.69, 9.17) is 4.74 Å². The van der Waals surface area contributed by atoms with Crippen molar-refractivity contribution in [3.05, 3.63) is 11.8 Å². The topological polar surface area (TPSA) is 76.1 Å². The molecular formula is C13H20N4O2. The molecule has 2 rings (SSSR count). The van der Waals surface area contributed by atoms with E-state index in [1.807, 2.05) is 20.8 Å². The number of rotatable bonds is 4. The first kappa shape index (κ1) is 13.6. The van der Waals surface area contributed by atoms with Crippen LogP contribution in [0.1, 0.15) is 32.4 Å². The Labute approximate surface area is 113 Å². The lowest BCUT2D eigenvalue weighted by atomic mass is 10.1. The average Bonchev–Trinajstić information content (AvgIpc) is 2.30. The van der Waals surface area contributed by atoms with E-state index in [2.05, 4.69) is 20.6 Å². The summed E-state index contributed by atoms with van der Waals surface area (Å²) in [4.78, 5) is 20.3. The van der Waals surface area contributed by atoms with Crippen molar-refractivity contribution >= 4 is 11.9 Å². The SMILES string of the molecule is Cc1cc(OC(C)C)nc(NC2CCCNC2=O)n1. The van der Waals surface area contributed by atoms with Gasteiger partial charge in [0.2, 0.25) is 17.7 Å². The summed E-state index contributed by atoms with van der Waals surface area (Å²) in [5.74, 6) is 0.974. The number of nitrogens with one attached hydrogen (secondary N) is 2. The number of carbonyl (C=O) groups is 1. The molecule has 1 aliphatic rings. The van der Waals surface area contributed by atoms with Gasteiger partial charge in [0.15, 0.2) is 0 Å². The van der Waals surface area contributed by atoms with E-state index < -0.39 is 0 Å². The van der Waals surface area contributed by atoms with E-state index in [0.717, 1.165) is 25.1 Å². The molecule has 1 aliphatic heterocycles. The van der Waals surface area contributed by atoms with E-state index >= 15 is 0 Å². The normalized spacial score (nSPS) is 19.2. The van der Waals surface area contributed by atoms with Gasteiger partial charge in [-0.05, 0) is 33.6 Å². The van der Waals surface area contributed by atoms with Crippen LogP contribution < -0.4 is 15.4 Å². The van der Waals surface area contributed by atoms with Crippen LogP contribution in [0, 0.1) is 6.92 Å². The highest BCUT2D eigenvalue weighted by atomic mass is 16.5. The van der Waals surface area contributed by atoms with Crippen molar-refractivity contribution in [3.8, 4) is 5.88 Å². The van der Waals surface area contributed by atoms with Gasteiger partial charge in [0.25, 0.3) is 0 Å². The van der Waals surface area contributed by atoms with Crippen LogP contribution in [0.15, 0.2) is 6.07 Å². The van der Waals surface area contributed by atoms with Gasteiger partial charge in [0, 0.05) is 18.3 Å².